The molecule has 5 heteroatoms. The largest absolute Gasteiger partial charge is 0.356 e. The van der Waals surface area contributed by atoms with Gasteiger partial charge in [-0.05, 0) is 30.4 Å². The van der Waals surface area contributed by atoms with E-state index in [1.807, 2.05) is 7.05 Å². The van der Waals surface area contributed by atoms with Crippen LogP contribution in [0.25, 0.3) is 0 Å². The van der Waals surface area contributed by atoms with Crippen LogP contribution in [0.15, 0.2) is 23.3 Å². The van der Waals surface area contributed by atoms with Crippen molar-refractivity contribution in [2.24, 2.45) is 17.5 Å². The SMILES string of the molecule is CN=C(NCC1(C)CC1)N(C)Cc1cccn1C.I. The van der Waals surface area contributed by atoms with E-state index >= 15 is 0 Å². The topological polar surface area (TPSA) is 32.6 Å². The smallest absolute Gasteiger partial charge is 0.193 e. The molecule has 0 saturated heterocycles. The Kier molecular flexibility index (Phi) is 5.70. The first-order chi connectivity index (χ1) is 8.54. The van der Waals surface area contributed by atoms with E-state index < -0.39 is 0 Å². The van der Waals surface area contributed by atoms with E-state index in [0.717, 1.165) is 19.0 Å². The molecular weight excluding hydrogens is 351 g/mol. The molecule has 1 fully saturated rings. The maximum atomic E-state index is 4.35. The Hall–Kier alpha value is -0.720. The number of aromatic nitrogens is 1. The van der Waals surface area contributed by atoms with Crippen LogP contribution in [-0.2, 0) is 13.6 Å². The van der Waals surface area contributed by atoms with Gasteiger partial charge in [0.2, 0.25) is 0 Å². The fourth-order valence-electron chi connectivity index (χ4n) is 2.05. The molecule has 0 radical (unpaired) electrons. The first-order valence-corrected chi connectivity index (χ1v) is 6.56. The summed E-state index contributed by atoms with van der Waals surface area (Å²) in [6.45, 7) is 4.22. The molecule has 0 aliphatic heterocycles. The highest BCUT2D eigenvalue weighted by molar-refractivity contribution is 14.0. The van der Waals surface area contributed by atoms with Gasteiger partial charge in [-0.15, -0.1) is 24.0 Å². The third-order valence-corrected chi connectivity index (χ3v) is 3.80. The number of guanidine groups is 1. The molecule has 1 aromatic rings. The minimum atomic E-state index is 0. The summed E-state index contributed by atoms with van der Waals surface area (Å²) < 4.78 is 2.14. The Balaban J connectivity index is 0.00000180. The molecule has 1 aliphatic carbocycles. The number of aliphatic imine (C=N–C) groups is 1. The number of nitrogens with one attached hydrogen (secondary N) is 1. The Morgan fingerprint density at radius 3 is 2.68 bits per heavy atom. The van der Waals surface area contributed by atoms with Gasteiger partial charge in [0, 0.05) is 39.6 Å². The first-order valence-electron chi connectivity index (χ1n) is 6.56. The predicted molar refractivity (Wildman–Crippen MR) is 91.0 cm³/mol. The summed E-state index contributed by atoms with van der Waals surface area (Å²) in [5.74, 6) is 0.976. The number of hydrogen-bond donors (Lipinski definition) is 1. The van der Waals surface area contributed by atoms with E-state index in [4.69, 9.17) is 0 Å². The first kappa shape index (κ1) is 16.3. The van der Waals surface area contributed by atoms with E-state index in [2.05, 4.69) is 59.1 Å². The number of nitrogens with zero attached hydrogens (tertiary/aromatic N) is 3. The molecule has 0 unspecified atom stereocenters. The third kappa shape index (κ3) is 4.40. The van der Waals surface area contributed by atoms with E-state index in [-0.39, 0.29) is 24.0 Å². The highest BCUT2D eigenvalue weighted by Gasteiger charge is 2.37. The van der Waals surface area contributed by atoms with E-state index in [1.165, 1.54) is 18.5 Å². The third-order valence-electron chi connectivity index (χ3n) is 3.80. The van der Waals surface area contributed by atoms with Gasteiger partial charge in [0.15, 0.2) is 5.96 Å². The summed E-state index contributed by atoms with van der Waals surface area (Å²) in [5, 5.41) is 3.47. The van der Waals surface area contributed by atoms with Crippen LogP contribution in [0, 0.1) is 5.41 Å². The lowest BCUT2D eigenvalue weighted by Gasteiger charge is -2.23. The molecule has 108 valence electrons. The lowest BCUT2D eigenvalue weighted by Crippen LogP contribution is -2.41. The Bertz CT molecular complexity index is 434. The van der Waals surface area contributed by atoms with Crippen LogP contribution in [0.1, 0.15) is 25.5 Å². The van der Waals surface area contributed by atoms with Crippen molar-refractivity contribution in [3.8, 4) is 0 Å². The molecule has 4 nitrogen and oxygen atoms in total. The number of hydrogen-bond acceptors (Lipinski definition) is 1. The van der Waals surface area contributed by atoms with Crippen LogP contribution in [-0.4, -0.2) is 36.1 Å². The zero-order chi connectivity index (χ0) is 13.2. The molecule has 1 heterocycles. The molecule has 0 atom stereocenters. The van der Waals surface area contributed by atoms with Crippen molar-refractivity contribution in [2.45, 2.75) is 26.3 Å². The second-order valence-electron chi connectivity index (χ2n) is 5.68. The molecule has 0 spiro atoms. The number of aryl methyl sites for hydroxylation is 1. The fourth-order valence-corrected chi connectivity index (χ4v) is 2.05. The molecule has 0 amide bonds. The van der Waals surface area contributed by atoms with Gasteiger partial charge in [0.05, 0.1) is 6.54 Å². The van der Waals surface area contributed by atoms with E-state index in [1.54, 1.807) is 0 Å². The van der Waals surface area contributed by atoms with E-state index in [0.29, 0.717) is 5.41 Å². The second-order valence-corrected chi connectivity index (χ2v) is 5.68. The molecule has 0 aromatic carbocycles. The van der Waals surface area contributed by atoms with Gasteiger partial charge >= 0.3 is 0 Å². The molecule has 1 N–H and O–H groups in total. The minimum absolute atomic E-state index is 0. The standard InChI is InChI=1S/C14H24N4.HI/c1-14(7-8-14)11-16-13(15-2)18(4)10-12-6-5-9-17(12)3;/h5-6,9H,7-8,10-11H2,1-4H3,(H,15,16);1H. The van der Waals surface area contributed by atoms with Crippen molar-refractivity contribution >= 4 is 29.9 Å². The van der Waals surface area contributed by atoms with Gasteiger partial charge in [-0.25, -0.2) is 0 Å². The zero-order valence-corrected chi connectivity index (χ0v) is 14.6. The van der Waals surface area contributed by atoms with Gasteiger partial charge in [-0.1, -0.05) is 6.92 Å². The molecule has 0 bridgehead atoms. The summed E-state index contributed by atoms with van der Waals surface area (Å²) >= 11 is 0. The Morgan fingerprint density at radius 2 is 2.21 bits per heavy atom. The average molecular weight is 376 g/mol. The van der Waals surface area contributed by atoms with Crippen molar-refractivity contribution in [1.29, 1.82) is 0 Å². The molecular formula is C14H25IN4. The van der Waals surface area contributed by atoms with Gasteiger partial charge in [0.25, 0.3) is 0 Å². The predicted octanol–water partition coefficient (Wildman–Crippen LogP) is 2.45. The zero-order valence-electron chi connectivity index (χ0n) is 12.3. The van der Waals surface area contributed by atoms with Gasteiger partial charge in [0.1, 0.15) is 0 Å². The Morgan fingerprint density at radius 1 is 1.53 bits per heavy atom. The normalized spacial score (nSPS) is 16.7. The van der Waals surface area contributed by atoms with Crippen molar-refractivity contribution < 1.29 is 0 Å². The summed E-state index contributed by atoms with van der Waals surface area (Å²) in [6, 6.07) is 4.22. The summed E-state index contributed by atoms with van der Waals surface area (Å²) in [4.78, 5) is 6.52. The highest BCUT2D eigenvalue weighted by Crippen LogP contribution is 2.44. The van der Waals surface area contributed by atoms with Crippen LogP contribution in [0.5, 0.6) is 0 Å². The molecule has 1 aliphatic rings. The fraction of sp³-hybridized carbons (Fsp3) is 0.643. The number of rotatable bonds is 4. The van der Waals surface area contributed by atoms with Crippen molar-refractivity contribution in [1.82, 2.24) is 14.8 Å². The molecule has 19 heavy (non-hydrogen) atoms. The maximum Gasteiger partial charge on any atom is 0.193 e. The highest BCUT2D eigenvalue weighted by atomic mass is 127. The van der Waals surface area contributed by atoms with Crippen LogP contribution in [0.3, 0.4) is 0 Å². The van der Waals surface area contributed by atoms with Gasteiger partial charge < -0.3 is 14.8 Å². The van der Waals surface area contributed by atoms with Crippen LogP contribution < -0.4 is 5.32 Å². The van der Waals surface area contributed by atoms with Crippen LogP contribution >= 0.6 is 24.0 Å². The number of halogens is 1. The summed E-state index contributed by atoms with van der Waals surface area (Å²) in [5.41, 5.74) is 1.79. The molecule has 2 rings (SSSR count). The minimum Gasteiger partial charge on any atom is -0.356 e. The summed E-state index contributed by atoms with van der Waals surface area (Å²) in [7, 11) is 6.00. The lowest BCUT2D eigenvalue weighted by atomic mass is 10.1. The monoisotopic (exact) mass is 376 g/mol. The Labute approximate surface area is 133 Å². The molecule has 1 saturated carbocycles. The average Bonchev–Trinajstić information content (AvgIpc) is 2.94. The van der Waals surface area contributed by atoms with Crippen molar-refractivity contribution in [3.05, 3.63) is 24.0 Å². The second kappa shape index (κ2) is 6.63. The van der Waals surface area contributed by atoms with Crippen molar-refractivity contribution in [3.63, 3.8) is 0 Å². The summed E-state index contributed by atoms with van der Waals surface area (Å²) in [6.07, 6.45) is 4.74. The maximum absolute atomic E-state index is 4.35. The van der Waals surface area contributed by atoms with Gasteiger partial charge in [-0.2, -0.15) is 0 Å². The van der Waals surface area contributed by atoms with Gasteiger partial charge in [-0.3, -0.25) is 4.99 Å². The molecule has 1 aromatic heterocycles. The van der Waals surface area contributed by atoms with Crippen molar-refractivity contribution in [2.75, 3.05) is 20.6 Å². The van der Waals surface area contributed by atoms with Crippen LogP contribution in [0.4, 0.5) is 0 Å². The quantitative estimate of drug-likeness (QED) is 0.498. The van der Waals surface area contributed by atoms with Crippen LogP contribution in [0.2, 0.25) is 0 Å². The lowest BCUT2D eigenvalue weighted by molar-refractivity contribution is 0.447. The van der Waals surface area contributed by atoms with E-state index in [9.17, 15) is 0 Å².